The number of hydrogen-bond donors (Lipinski definition) is 1. The Bertz CT molecular complexity index is 424. The van der Waals surface area contributed by atoms with Crippen molar-refractivity contribution in [3.05, 3.63) is 65.8 Å². The lowest BCUT2D eigenvalue weighted by Gasteiger charge is -2.14. The normalized spacial score (nSPS) is 22.9. The van der Waals surface area contributed by atoms with E-state index in [1.807, 2.05) is 43.4 Å². The van der Waals surface area contributed by atoms with Crippen molar-refractivity contribution in [2.75, 3.05) is 0 Å². The molecule has 1 aromatic carbocycles. The van der Waals surface area contributed by atoms with Crippen molar-refractivity contribution in [1.82, 2.24) is 0 Å². The minimum absolute atomic E-state index is 0.477. The van der Waals surface area contributed by atoms with Crippen LogP contribution in [-0.4, -0.2) is 11.2 Å². The molecule has 1 unspecified atom stereocenters. The van der Waals surface area contributed by atoms with Gasteiger partial charge in [-0.25, -0.2) is 0 Å². The van der Waals surface area contributed by atoms with Gasteiger partial charge in [0.15, 0.2) is 0 Å². The topological polar surface area (TPSA) is 20.2 Å². The highest BCUT2D eigenvalue weighted by atomic mass is 16.3. The fourth-order valence-corrected chi connectivity index (χ4v) is 1.73. The molecule has 0 heterocycles. The van der Waals surface area contributed by atoms with Gasteiger partial charge in [-0.2, -0.15) is 0 Å². The number of allylic oxidation sites excluding steroid dienone is 3. The molecule has 1 aliphatic rings. The van der Waals surface area contributed by atoms with Crippen LogP contribution in [0.3, 0.4) is 0 Å². The second-order valence-electron chi connectivity index (χ2n) is 3.64. The smallest absolute Gasteiger partial charge is 0.0977 e. The lowest BCUT2D eigenvalue weighted by molar-refractivity contribution is 0.262. The first kappa shape index (κ1) is 9.94. The van der Waals surface area contributed by atoms with Crippen LogP contribution in [0.15, 0.2) is 60.2 Å². The van der Waals surface area contributed by atoms with Crippen LogP contribution in [0.1, 0.15) is 12.5 Å². The van der Waals surface area contributed by atoms with Crippen molar-refractivity contribution in [3.63, 3.8) is 0 Å². The van der Waals surface area contributed by atoms with E-state index >= 15 is 0 Å². The zero-order valence-electron chi connectivity index (χ0n) is 8.72. The van der Waals surface area contributed by atoms with Gasteiger partial charge in [0, 0.05) is 0 Å². The standard InChI is InChI=1S/C14H14O/c1-11(12-7-3-2-4-8-12)13-9-5-6-10-14(13)15/h2-10,14-15H,1H3. The number of hydrogen-bond acceptors (Lipinski definition) is 1. The molecule has 1 heteroatoms. The van der Waals surface area contributed by atoms with Crippen LogP contribution in [0.25, 0.3) is 5.57 Å². The number of rotatable bonds is 1. The summed E-state index contributed by atoms with van der Waals surface area (Å²) in [7, 11) is 0. The maximum absolute atomic E-state index is 9.80. The second kappa shape index (κ2) is 4.28. The predicted octanol–water partition coefficient (Wildman–Crippen LogP) is 2.95. The summed E-state index contributed by atoms with van der Waals surface area (Å²) in [6.07, 6.45) is 7.10. The quantitative estimate of drug-likeness (QED) is 0.735. The SMILES string of the molecule is CC(=C1C=CC=CC1O)c1ccccc1. The summed E-state index contributed by atoms with van der Waals surface area (Å²) >= 11 is 0. The molecule has 0 spiro atoms. The third-order valence-electron chi connectivity index (χ3n) is 2.64. The first-order valence-corrected chi connectivity index (χ1v) is 5.08. The van der Waals surface area contributed by atoms with Crippen molar-refractivity contribution >= 4 is 5.57 Å². The van der Waals surface area contributed by atoms with Crippen molar-refractivity contribution in [1.29, 1.82) is 0 Å². The molecule has 0 saturated carbocycles. The van der Waals surface area contributed by atoms with Gasteiger partial charge in [0.1, 0.15) is 0 Å². The third-order valence-corrected chi connectivity index (χ3v) is 2.64. The van der Waals surface area contributed by atoms with E-state index in [9.17, 15) is 5.11 Å². The van der Waals surface area contributed by atoms with E-state index in [-0.39, 0.29) is 0 Å². The summed E-state index contributed by atoms with van der Waals surface area (Å²) in [4.78, 5) is 0. The Morgan fingerprint density at radius 2 is 1.87 bits per heavy atom. The predicted molar refractivity (Wildman–Crippen MR) is 63.3 cm³/mol. The van der Waals surface area contributed by atoms with Gasteiger partial charge in [0.05, 0.1) is 6.10 Å². The molecular formula is C14H14O. The van der Waals surface area contributed by atoms with Gasteiger partial charge in [-0.15, -0.1) is 0 Å². The monoisotopic (exact) mass is 198 g/mol. The number of aliphatic hydroxyl groups excluding tert-OH is 1. The summed E-state index contributed by atoms with van der Waals surface area (Å²) in [5.41, 5.74) is 3.26. The molecule has 0 fully saturated rings. The average Bonchev–Trinajstić information content (AvgIpc) is 2.30. The van der Waals surface area contributed by atoms with Gasteiger partial charge in [0.2, 0.25) is 0 Å². The van der Waals surface area contributed by atoms with E-state index in [2.05, 4.69) is 12.1 Å². The van der Waals surface area contributed by atoms with Crippen LogP contribution >= 0.6 is 0 Å². The molecule has 1 aromatic rings. The van der Waals surface area contributed by atoms with E-state index in [0.29, 0.717) is 0 Å². The summed E-state index contributed by atoms with van der Waals surface area (Å²) in [5, 5.41) is 9.80. The molecule has 1 N–H and O–H groups in total. The van der Waals surface area contributed by atoms with Crippen LogP contribution in [-0.2, 0) is 0 Å². The van der Waals surface area contributed by atoms with Crippen molar-refractivity contribution in [2.45, 2.75) is 13.0 Å². The van der Waals surface area contributed by atoms with Crippen LogP contribution in [0.2, 0.25) is 0 Å². The van der Waals surface area contributed by atoms with Gasteiger partial charge in [-0.1, -0.05) is 54.6 Å². The molecule has 0 saturated heterocycles. The van der Waals surface area contributed by atoms with Gasteiger partial charge < -0.3 is 5.11 Å². The maximum Gasteiger partial charge on any atom is 0.0977 e. The minimum atomic E-state index is -0.477. The molecule has 0 amide bonds. The molecule has 1 nitrogen and oxygen atoms in total. The van der Waals surface area contributed by atoms with E-state index in [4.69, 9.17) is 0 Å². The van der Waals surface area contributed by atoms with Crippen LogP contribution < -0.4 is 0 Å². The number of benzene rings is 1. The highest BCUT2D eigenvalue weighted by Crippen LogP contribution is 2.23. The molecule has 2 rings (SSSR count). The van der Waals surface area contributed by atoms with Crippen LogP contribution in [0, 0.1) is 0 Å². The Balaban J connectivity index is 2.42. The first-order chi connectivity index (χ1) is 7.29. The molecule has 1 aliphatic carbocycles. The summed E-state index contributed by atoms with van der Waals surface area (Å²) in [6, 6.07) is 10.1. The summed E-state index contributed by atoms with van der Waals surface area (Å²) in [6.45, 7) is 2.04. The summed E-state index contributed by atoms with van der Waals surface area (Å²) in [5.74, 6) is 0. The molecule has 0 aliphatic heterocycles. The van der Waals surface area contributed by atoms with Crippen LogP contribution in [0.4, 0.5) is 0 Å². The van der Waals surface area contributed by atoms with Crippen LogP contribution in [0.5, 0.6) is 0 Å². The fraction of sp³-hybridized carbons (Fsp3) is 0.143. The molecule has 0 bridgehead atoms. The Morgan fingerprint density at radius 3 is 2.53 bits per heavy atom. The van der Waals surface area contributed by atoms with Gasteiger partial charge in [0.25, 0.3) is 0 Å². The zero-order valence-corrected chi connectivity index (χ0v) is 8.72. The molecule has 0 aromatic heterocycles. The molecule has 0 radical (unpaired) electrons. The van der Waals surface area contributed by atoms with E-state index in [1.165, 1.54) is 0 Å². The first-order valence-electron chi connectivity index (χ1n) is 5.08. The molecule has 15 heavy (non-hydrogen) atoms. The van der Waals surface area contributed by atoms with Crippen molar-refractivity contribution in [3.8, 4) is 0 Å². The average molecular weight is 198 g/mol. The Labute approximate surface area is 90.1 Å². The highest BCUT2D eigenvalue weighted by Gasteiger charge is 2.10. The summed E-state index contributed by atoms with van der Waals surface area (Å²) < 4.78 is 0. The number of aliphatic hydroxyl groups is 1. The Morgan fingerprint density at radius 1 is 1.13 bits per heavy atom. The zero-order chi connectivity index (χ0) is 10.7. The fourth-order valence-electron chi connectivity index (χ4n) is 1.73. The van der Waals surface area contributed by atoms with E-state index in [0.717, 1.165) is 16.7 Å². The lowest BCUT2D eigenvalue weighted by atomic mass is 9.95. The second-order valence-corrected chi connectivity index (χ2v) is 3.64. The Hall–Kier alpha value is -1.60. The van der Waals surface area contributed by atoms with Gasteiger partial charge >= 0.3 is 0 Å². The lowest BCUT2D eigenvalue weighted by Crippen LogP contribution is -2.08. The van der Waals surface area contributed by atoms with Gasteiger partial charge in [-0.3, -0.25) is 0 Å². The third kappa shape index (κ3) is 2.08. The molecular weight excluding hydrogens is 184 g/mol. The van der Waals surface area contributed by atoms with E-state index < -0.39 is 6.10 Å². The largest absolute Gasteiger partial charge is 0.384 e. The highest BCUT2D eigenvalue weighted by molar-refractivity contribution is 5.71. The minimum Gasteiger partial charge on any atom is -0.384 e. The van der Waals surface area contributed by atoms with Crippen molar-refractivity contribution < 1.29 is 5.11 Å². The molecule has 76 valence electrons. The van der Waals surface area contributed by atoms with Gasteiger partial charge in [-0.05, 0) is 23.6 Å². The Kier molecular flexibility index (Phi) is 2.84. The van der Waals surface area contributed by atoms with E-state index in [1.54, 1.807) is 6.08 Å². The van der Waals surface area contributed by atoms with Crippen molar-refractivity contribution in [2.24, 2.45) is 0 Å². The molecule has 1 atom stereocenters. The maximum atomic E-state index is 9.80.